The van der Waals surface area contributed by atoms with Crippen molar-refractivity contribution in [2.75, 3.05) is 4.90 Å². The Morgan fingerprint density at radius 2 is 0.980 bits per heavy atom. The molecule has 238 valence electrons. The first-order valence-electron chi connectivity index (χ1n) is 17.4. The van der Waals surface area contributed by atoms with Crippen molar-refractivity contribution in [1.29, 1.82) is 0 Å². The number of hydrogen-bond donors (Lipinski definition) is 0. The Hall–Kier alpha value is -6.84. The van der Waals surface area contributed by atoms with E-state index in [4.69, 9.17) is 4.42 Å². The van der Waals surface area contributed by atoms with Gasteiger partial charge in [-0.15, -0.1) is 0 Å². The maximum absolute atomic E-state index is 6.56. The standard InChI is InChI=1S/C48H30N2O/c1-2-15-36(16-3-1)49(39-21-23-41-43-27-34-13-6-7-14-35(34)28-46(43)51-47(41)30-39)38-22-24-42-45(29-38)50(37-20-18-31-10-4-5-12-33(31)26-37)44-25-19-32-11-8-9-17-40(32)48(42)44/h1-30H. The van der Waals surface area contributed by atoms with E-state index >= 15 is 0 Å². The molecule has 0 aliphatic carbocycles. The summed E-state index contributed by atoms with van der Waals surface area (Å²) in [5.74, 6) is 0. The number of fused-ring (bicyclic) bond motifs is 10. The number of furan rings is 1. The van der Waals surface area contributed by atoms with Crippen LogP contribution in [0.5, 0.6) is 0 Å². The molecule has 3 nitrogen and oxygen atoms in total. The summed E-state index contributed by atoms with van der Waals surface area (Å²) in [6.45, 7) is 0. The zero-order valence-electron chi connectivity index (χ0n) is 27.6. The first-order valence-corrected chi connectivity index (χ1v) is 17.4. The van der Waals surface area contributed by atoms with Crippen LogP contribution in [0.1, 0.15) is 0 Å². The Morgan fingerprint density at radius 1 is 0.353 bits per heavy atom. The Kier molecular flexibility index (Phi) is 5.96. The van der Waals surface area contributed by atoms with E-state index < -0.39 is 0 Å². The predicted molar refractivity (Wildman–Crippen MR) is 215 cm³/mol. The largest absolute Gasteiger partial charge is 0.456 e. The molecule has 9 aromatic carbocycles. The first-order chi connectivity index (χ1) is 25.3. The quantitative estimate of drug-likeness (QED) is 0.189. The molecular weight excluding hydrogens is 621 g/mol. The van der Waals surface area contributed by atoms with E-state index in [1.54, 1.807) is 0 Å². The van der Waals surface area contributed by atoms with Crippen molar-refractivity contribution in [3.8, 4) is 5.69 Å². The second-order valence-corrected chi connectivity index (χ2v) is 13.4. The lowest BCUT2D eigenvalue weighted by atomic mass is 10.0. The van der Waals surface area contributed by atoms with Gasteiger partial charge in [-0.3, -0.25) is 0 Å². The van der Waals surface area contributed by atoms with E-state index in [1.165, 1.54) is 48.6 Å². The van der Waals surface area contributed by atoms with E-state index in [0.717, 1.165) is 50.2 Å². The monoisotopic (exact) mass is 650 g/mol. The maximum atomic E-state index is 6.56. The van der Waals surface area contributed by atoms with Crippen molar-refractivity contribution in [3.05, 3.63) is 182 Å². The van der Waals surface area contributed by atoms with Crippen LogP contribution in [0.4, 0.5) is 17.1 Å². The summed E-state index contributed by atoms with van der Waals surface area (Å²) in [5.41, 5.74) is 8.46. The number of benzene rings is 9. The lowest BCUT2D eigenvalue weighted by molar-refractivity contribution is 0.669. The van der Waals surface area contributed by atoms with Gasteiger partial charge in [-0.25, -0.2) is 0 Å². The van der Waals surface area contributed by atoms with Crippen molar-refractivity contribution in [2.45, 2.75) is 0 Å². The number of aromatic nitrogens is 1. The molecule has 0 bridgehead atoms. The van der Waals surface area contributed by atoms with Gasteiger partial charge >= 0.3 is 0 Å². The SMILES string of the molecule is c1ccc(N(c2ccc3c(c2)oc2cc4ccccc4cc23)c2ccc3c4c5ccccc5ccc4n(-c4ccc5ccccc5c4)c3c2)cc1. The molecule has 2 heterocycles. The average Bonchev–Trinajstić information content (AvgIpc) is 3.71. The molecule has 3 heteroatoms. The molecule has 0 unspecified atom stereocenters. The summed E-state index contributed by atoms with van der Waals surface area (Å²) in [7, 11) is 0. The molecule has 0 fully saturated rings. The highest BCUT2D eigenvalue weighted by Gasteiger charge is 2.20. The van der Waals surface area contributed by atoms with E-state index in [2.05, 4.69) is 191 Å². The van der Waals surface area contributed by atoms with Crippen molar-refractivity contribution < 1.29 is 4.42 Å². The second-order valence-electron chi connectivity index (χ2n) is 13.4. The molecule has 0 saturated carbocycles. The van der Waals surface area contributed by atoms with Gasteiger partial charge < -0.3 is 13.9 Å². The van der Waals surface area contributed by atoms with Crippen LogP contribution in [-0.2, 0) is 0 Å². The Balaban J connectivity index is 1.17. The molecule has 11 rings (SSSR count). The van der Waals surface area contributed by atoms with Crippen LogP contribution in [0.25, 0.3) is 81.7 Å². The van der Waals surface area contributed by atoms with E-state index in [1.807, 2.05) is 0 Å². The van der Waals surface area contributed by atoms with Gasteiger partial charge in [-0.05, 0) is 99.0 Å². The van der Waals surface area contributed by atoms with Crippen LogP contribution >= 0.6 is 0 Å². The number of hydrogen-bond acceptors (Lipinski definition) is 2. The zero-order valence-corrected chi connectivity index (χ0v) is 27.6. The zero-order chi connectivity index (χ0) is 33.5. The number of anilines is 3. The van der Waals surface area contributed by atoms with Gasteiger partial charge in [0.15, 0.2) is 0 Å². The van der Waals surface area contributed by atoms with Crippen molar-refractivity contribution >= 4 is 93.1 Å². The summed E-state index contributed by atoms with van der Waals surface area (Å²) in [6.07, 6.45) is 0. The molecule has 0 amide bonds. The van der Waals surface area contributed by atoms with E-state index in [-0.39, 0.29) is 0 Å². The molecule has 0 radical (unpaired) electrons. The minimum Gasteiger partial charge on any atom is -0.456 e. The van der Waals surface area contributed by atoms with Gasteiger partial charge in [-0.2, -0.15) is 0 Å². The Labute approximate surface area is 293 Å². The highest BCUT2D eigenvalue weighted by molar-refractivity contribution is 6.22. The Bertz CT molecular complexity index is 3150. The molecule has 0 atom stereocenters. The van der Waals surface area contributed by atoms with Gasteiger partial charge in [0.25, 0.3) is 0 Å². The van der Waals surface area contributed by atoms with Crippen LogP contribution in [0.15, 0.2) is 186 Å². The van der Waals surface area contributed by atoms with Crippen LogP contribution in [-0.4, -0.2) is 4.57 Å². The summed E-state index contributed by atoms with van der Waals surface area (Å²) in [4.78, 5) is 2.34. The van der Waals surface area contributed by atoms with Crippen LogP contribution in [0.2, 0.25) is 0 Å². The third-order valence-electron chi connectivity index (χ3n) is 10.5. The number of nitrogens with zero attached hydrogens (tertiary/aromatic N) is 2. The molecule has 0 saturated heterocycles. The topological polar surface area (TPSA) is 21.3 Å². The fourth-order valence-electron chi connectivity index (χ4n) is 8.12. The summed E-state index contributed by atoms with van der Waals surface area (Å²) >= 11 is 0. The van der Waals surface area contributed by atoms with Crippen LogP contribution in [0.3, 0.4) is 0 Å². The van der Waals surface area contributed by atoms with Gasteiger partial charge in [-0.1, -0.05) is 109 Å². The third-order valence-corrected chi connectivity index (χ3v) is 10.5. The minimum absolute atomic E-state index is 0.872. The fraction of sp³-hybridized carbons (Fsp3) is 0. The first kappa shape index (κ1) is 28.0. The van der Waals surface area contributed by atoms with Crippen LogP contribution < -0.4 is 4.90 Å². The number of rotatable bonds is 4. The van der Waals surface area contributed by atoms with Crippen molar-refractivity contribution in [1.82, 2.24) is 4.57 Å². The maximum Gasteiger partial charge on any atom is 0.137 e. The fourth-order valence-corrected chi connectivity index (χ4v) is 8.12. The molecule has 0 aliphatic rings. The van der Waals surface area contributed by atoms with Crippen molar-refractivity contribution in [2.24, 2.45) is 0 Å². The summed E-state index contributed by atoms with van der Waals surface area (Å²) in [5, 5.41) is 12.1. The normalized spacial score (nSPS) is 11.9. The van der Waals surface area contributed by atoms with Gasteiger partial charge in [0.1, 0.15) is 11.2 Å². The lowest BCUT2D eigenvalue weighted by Crippen LogP contribution is -2.09. The molecule has 51 heavy (non-hydrogen) atoms. The van der Waals surface area contributed by atoms with E-state index in [9.17, 15) is 0 Å². The second kappa shape index (κ2) is 10.8. The third kappa shape index (κ3) is 4.32. The molecule has 11 aromatic rings. The number of para-hydroxylation sites is 1. The lowest BCUT2D eigenvalue weighted by Gasteiger charge is -2.25. The Morgan fingerprint density at radius 3 is 1.80 bits per heavy atom. The van der Waals surface area contributed by atoms with Crippen molar-refractivity contribution in [3.63, 3.8) is 0 Å². The molecule has 0 spiro atoms. The predicted octanol–water partition coefficient (Wildman–Crippen LogP) is 13.6. The van der Waals surface area contributed by atoms with Gasteiger partial charge in [0, 0.05) is 50.4 Å². The highest BCUT2D eigenvalue weighted by atomic mass is 16.3. The van der Waals surface area contributed by atoms with E-state index in [0.29, 0.717) is 0 Å². The summed E-state index contributed by atoms with van der Waals surface area (Å²) < 4.78 is 8.99. The minimum atomic E-state index is 0.872. The summed E-state index contributed by atoms with van der Waals surface area (Å²) in [6, 6.07) is 65.6. The average molecular weight is 651 g/mol. The smallest absolute Gasteiger partial charge is 0.137 e. The molecule has 0 N–H and O–H groups in total. The molecule has 0 aliphatic heterocycles. The molecule has 2 aromatic heterocycles. The van der Waals surface area contributed by atoms with Gasteiger partial charge in [0.2, 0.25) is 0 Å². The molecular formula is C48H30N2O. The van der Waals surface area contributed by atoms with Crippen LogP contribution in [0, 0.1) is 0 Å². The highest BCUT2D eigenvalue weighted by Crippen LogP contribution is 2.43. The van der Waals surface area contributed by atoms with Gasteiger partial charge in [0.05, 0.1) is 11.0 Å².